The molecule has 0 N–H and O–H groups in total. The Morgan fingerprint density at radius 3 is 2.67 bits per heavy atom. The fourth-order valence-electron chi connectivity index (χ4n) is 2.43. The predicted molar refractivity (Wildman–Crippen MR) is 75.3 cm³/mol. The van der Waals surface area contributed by atoms with Crippen molar-refractivity contribution in [1.29, 1.82) is 0 Å². The van der Waals surface area contributed by atoms with Crippen molar-refractivity contribution in [2.24, 2.45) is 0 Å². The Kier molecular flexibility index (Phi) is 3.08. The second-order valence-corrected chi connectivity index (χ2v) is 5.39. The van der Waals surface area contributed by atoms with Crippen LogP contribution in [0.4, 0.5) is 10.1 Å². The van der Waals surface area contributed by atoms with Gasteiger partial charge in [-0.2, -0.15) is 0 Å². The van der Waals surface area contributed by atoms with Gasteiger partial charge >= 0.3 is 0 Å². The van der Waals surface area contributed by atoms with Gasteiger partial charge in [0.05, 0.1) is 0 Å². The summed E-state index contributed by atoms with van der Waals surface area (Å²) in [4.78, 5) is 2.34. The van der Waals surface area contributed by atoms with Crippen molar-refractivity contribution in [3.05, 3.63) is 63.9 Å². The molecular weight excluding hydrogens is 293 g/mol. The topological polar surface area (TPSA) is 3.24 Å². The Bertz CT molecular complexity index is 565. The van der Waals surface area contributed by atoms with E-state index in [0.717, 1.165) is 25.1 Å². The maximum Gasteiger partial charge on any atom is 0.123 e. The largest absolute Gasteiger partial charge is 0.367 e. The summed E-state index contributed by atoms with van der Waals surface area (Å²) in [7, 11) is 0. The Labute approximate surface area is 114 Å². The van der Waals surface area contributed by atoms with Crippen molar-refractivity contribution in [3.63, 3.8) is 0 Å². The van der Waals surface area contributed by atoms with Gasteiger partial charge in [0.2, 0.25) is 0 Å². The average molecular weight is 306 g/mol. The van der Waals surface area contributed by atoms with Crippen LogP contribution in [0, 0.1) is 5.82 Å². The van der Waals surface area contributed by atoms with Gasteiger partial charge in [-0.15, -0.1) is 0 Å². The zero-order valence-electron chi connectivity index (χ0n) is 9.87. The van der Waals surface area contributed by atoms with Crippen LogP contribution in [0.3, 0.4) is 0 Å². The van der Waals surface area contributed by atoms with Crippen molar-refractivity contribution in [1.82, 2.24) is 0 Å². The van der Waals surface area contributed by atoms with E-state index in [1.165, 1.54) is 27.9 Å². The molecule has 18 heavy (non-hydrogen) atoms. The van der Waals surface area contributed by atoms with Crippen LogP contribution in [0.15, 0.2) is 46.9 Å². The number of anilines is 1. The van der Waals surface area contributed by atoms with Gasteiger partial charge in [0.25, 0.3) is 0 Å². The van der Waals surface area contributed by atoms with E-state index in [1.807, 2.05) is 12.1 Å². The predicted octanol–water partition coefficient (Wildman–Crippen LogP) is 4.15. The monoisotopic (exact) mass is 305 g/mol. The summed E-state index contributed by atoms with van der Waals surface area (Å²) in [6.45, 7) is 1.86. The molecule has 1 aliphatic rings. The summed E-state index contributed by atoms with van der Waals surface area (Å²) in [6.07, 6.45) is 1.07. The summed E-state index contributed by atoms with van der Waals surface area (Å²) in [5, 5.41) is 0. The van der Waals surface area contributed by atoms with Gasteiger partial charge in [-0.3, -0.25) is 0 Å². The summed E-state index contributed by atoms with van der Waals surface area (Å²) in [6, 6.07) is 13.0. The molecule has 0 aliphatic carbocycles. The van der Waals surface area contributed by atoms with Gasteiger partial charge in [0, 0.05) is 23.2 Å². The van der Waals surface area contributed by atoms with Crippen LogP contribution in [-0.4, -0.2) is 6.54 Å². The molecule has 92 valence electrons. The molecular formula is C15H13BrFN. The van der Waals surface area contributed by atoms with Gasteiger partial charge in [0.15, 0.2) is 0 Å². The lowest BCUT2D eigenvalue weighted by Crippen LogP contribution is -2.19. The first-order chi connectivity index (χ1) is 8.74. The summed E-state index contributed by atoms with van der Waals surface area (Å²) >= 11 is 3.59. The van der Waals surface area contributed by atoms with Crippen LogP contribution in [0.25, 0.3) is 0 Å². The molecule has 0 aromatic heterocycles. The molecule has 0 amide bonds. The third-order valence-corrected chi connectivity index (χ3v) is 4.10. The van der Waals surface area contributed by atoms with Crippen LogP contribution in [-0.2, 0) is 13.0 Å². The molecule has 1 aliphatic heterocycles. The average Bonchev–Trinajstić information content (AvgIpc) is 2.77. The molecule has 2 aromatic carbocycles. The van der Waals surface area contributed by atoms with Crippen molar-refractivity contribution >= 4 is 21.6 Å². The second kappa shape index (κ2) is 4.73. The van der Waals surface area contributed by atoms with Crippen LogP contribution >= 0.6 is 15.9 Å². The van der Waals surface area contributed by atoms with Gasteiger partial charge in [-0.1, -0.05) is 34.1 Å². The highest BCUT2D eigenvalue weighted by atomic mass is 79.9. The van der Waals surface area contributed by atoms with Crippen LogP contribution in [0.1, 0.15) is 11.1 Å². The molecule has 0 spiro atoms. The summed E-state index contributed by atoms with van der Waals surface area (Å²) in [5.41, 5.74) is 3.80. The highest BCUT2D eigenvalue weighted by Gasteiger charge is 2.20. The van der Waals surface area contributed by atoms with Crippen molar-refractivity contribution < 1.29 is 4.39 Å². The zero-order chi connectivity index (χ0) is 12.5. The van der Waals surface area contributed by atoms with Crippen molar-refractivity contribution in [2.75, 3.05) is 11.4 Å². The molecule has 0 bridgehead atoms. The molecule has 0 atom stereocenters. The number of rotatable bonds is 2. The third-order valence-electron chi connectivity index (χ3n) is 3.35. The number of nitrogens with zero attached hydrogens (tertiary/aromatic N) is 1. The van der Waals surface area contributed by atoms with E-state index in [4.69, 9.17) is 0 Å². The SMILES string of the molecule is Fc1ccc(CN2CCc3c(Br)cccc32)cc1. The standard InChI is InChI=1S/C15H13BrFN/c16-14-2-1-3-15-13(14)8-9-18(15)10-11-4-6-12(17)7-5-11/h1-7H,8-10H2. The van der Waals surface area contributed by atoms with Gasteiger partial charge in [-0.05, 0) is 41.8 Å². The Balaban J connectivity index is 1.85. The van der Waals surface area contributed by atoms with Gasteiger partial charge < -0.3 is 4.90 Å². The Morgan fingerprint density at radius 2 is 1.89 bits per heavy atom. The molecule has 0 fully saturated rings. The molecule has 0 unspecified atom stereocenters. The van der Waals surface area contributed by atoms with Gasteiger partial charge in [-0.25, -0.2) is 4.39 Å². The van der Waals surface area contributed by atoms with E-state index in [-0.39, 0.29) is 5.82 Å². The van der Waals surface area contributed by atoms with Crippen LogP contribution in [0.5, 0.6) is 0 Å². The Morgan fingerprint density at radius 1 is 1.11 bits per heavy atom. The molecule has 3 heteroatoms. The number of benzene rings is 2. The molecule has 1 heterocycles. The number of hydrogen-bond acceptors (Lipinski definition) is 1. The normalized spacial score (nSPS) is 13.8. The molecule has 1 nitrogen and oxygen atoms in total. The van der Waals surface area contributed by atoms with E-state index < -0.39 is 0 Å². The first-order valence-electron chi connectivity index (χ1n) is 6.01. The first kappa shape index (κ1) is 11.7. The molecule has 0 saturated carbocycles. The van der Waals surface area contributed by atoms with E-state index >= 15 is 0 Å². The number of halogens is 2. The first-order valence-corrected chi connectivity index (χ1v) is 6.80. The van der Waals surface area contributed by atoms with E-state index in [0.29, 0.717) is 0 Å². The highest BCUT2D eigenvalue weighted by molar-refractivity contribution is 9.10. The molecule has 3 rings (SSSR count). The minimum absolute atomic E-state index is 0.177. The minimum atomic E-state index is -0.177. The highest BCUT2D eigenvalue weighted by Crippen LogP contribution is 2.34. The zero-order valence-corrected chi connectivity index (χ0v) is 11.5. The fourth-order valence-corrected chi connectivity index (χ4v) is 2.99. The maximum atomic E-state index is 12.9. The fraction of sp³-hybridized carbons (Fsp3) is 0.200. The third kappa shape index (κ3) is 2.15. The van der Waals surface area contributed by atoms with Crippen LogP contribution < -0.4 is 4.90 Å². The van der Waals surface area contributed by atoms with Crippen LogP contribution in [0.2, 0.25) is 0 Å². The number of fused-ring (bicyclic) bond motifs is 1. The van der Waals surface area contributed by atoms with E-state index in [9.17, 15) is 4.39 Å². The smallest absolute Gasteiger partial charge is 0.123 e. The lowest BCUT2D eigenvalue weighted by molar-refractivity contribution is 0.626. The van der Waals surface area contributed by atoms with E-state index in [1.54, 1.807) is 0 Å². The maximum absolute atomic E-state index is 12.9. The summed E-state index contributed by atoms with van der Waals surface area (Å²) < 4.78 is 14.1. The Hall–Kier alpha value is -1.35. The lowest BCUT2D eigenvalue weighted by Gasteiger charge is -2.19. The molecule has 0 radical (unpaired) electrons. The van der Waals surface area contributed by atoms with Gasteiger partial charge in [0.1, 0.15) is 5.82 Å². The number of hydrogen-bond donors (Lipinski definition) is 0. The quantitative estimate of drug-likeness (QED) is 0.805. The minimum Gasteiger partial charge on any atom is -0.367 e. The van der Waals surface area contributed by atoms with Crippen molar-refractivity contribution in [2.45, 2.75) is 13.0 Å². The molecule has 0 saturated heterocycles. The summed E-state index contributed by atoms with van der Waals surface area (Å²) in [5.74, 6) is -0.177. The van der Waals surface area contributed by atoms with Crippen molar-refractivity contribution in [3.8, 4) is 0 Å². The van der Waals surface area contributed by atoms with E-state index in [2.05, 4.69) is 39.0 Å². The lowest BCUT2D eigenvalue weighted by atomic mass is 10.1. The molecule has 2 aromatic rings. The second-order valence-electron chi connectivity index (χ2n) is 4.54.